The molecule has 0 aliphatic rings. The van der Waals surface area contributed by atoms with Gasteiger partial charge < -0.3 is 4.74 Å². The molecule has 110 valence electrons. The number of carbonyl (C=O) groups is 1. The average Bonchev–Trinajstić information content (AvgIpc) is 2.47. The predicted octanol–water partition coefficient (Wildman–Crippen LogP) is 3.13. The minimum absolute atomic E-state index is 0.162. The van der Waals surface area contributed by atoms with Crippen molar-refractivity contribution >= 4 is 16.6 Å². The Morgan fingerprint density at radius 1 is 1.19 bits per heavy atom. The van der Waals surface area contributed by atoms with Crippen LogP contribution in [0.1, 0.15) is 15.9 Å². The highest BCUT2D eigenvalue weighted by Crippen LogP contribution is 2.21. The van der Waals surface area contributed by atoms with E-state index >= 15 is 0 Å². The molecule has 2 aromatic carbocycles. The molecule has 0 amide bonds. The van der Waals surface area contributed by atoms with Gasteiger partial charge in [-0.3, -0.25) is 9.00 Å². The van der Waals surface area contributed by atoms with E-state index in [9.17, 15) is 13.4 Å². The van der Waals surface area contributed by atoms with Crippen LogP contribution in [0.2, 0.25) is 0 Å². The first-order valence-corrected chi connectivity index (χ1v) is 7.65. The van der Waals surface area contributed by atoms with Crippen LogP contribution in [0.4, 0.5) is 4.39 Å². The third-order valence-electron chi connectivity index (χ3n) is 3.00. The zero-order chi connectivity index (χ0) is 15.4. The lowest BCUT2D eigenvalue weighted by Crippen LogP contribution is -2.12. The minimum atomic E-state index is -1.51. The summed E-state index contributed by atoms with van der Waals surface area (Å²) in [4.78, 5) is 12.7. The first-order chi connectivity index (χ1) is 10.0. The maximum Gasteiger partial charge on any atom is 0.179 e. The molecule has 0 bridgehead atoms. The summed E-state index contributed by atoms with van der Waals surface area (Å²) in [6.07, 6.45) is 0. The van der Waals surface area contributed by atoms with E-state index in [4.69, 9.17) is 4.74 Å². The van der Waals surface area contributed by atoms with E-state index in [1.807, 2.05) is 6.92 Å². The van der Waals surface area contributed by atoms with Gasteiger partial charge in [0.15, 0.2) is 5.78 Å². The van der Waals surface area contributed by atoms with Crippen LogP contribution in [0.5, 0.6) is 5.75 Å². The number of halogens is 1. The molecule has 0 fully saturated rings. The van der Waals surface area contributed by atoms with Crippen LogP contribution in [0.3, 0.4) is 0 Å². The van der Waals surface area contributed by atoms with Gasteiger partial charge in [0.2, 0.25) is 0 Å². The highest BCUT2D eigenvalue weighted by Gasteiger charge is 2.16. The van der Waals surface area contributed by atoms with E-state index in [1.54, 1.807) is 18.2 Å². The molecule has 0 aromatic heterocycles. The lowest BCUT2D eigenvalue weighted by Gasteiger charge is -2.08. The normalized spacial score (nSPS) is 12.0. The fourth-order valence-electron chi connectivity index (χ4n) is 1.90. The third-order valence-corrected chi connectivity index (χ3v) is 4.32. The second-order valence-electron chi connectivity index (χ2n) is 4.57. The first-order valence-electron chi connectivity index (χ1n) is 6.33. The highest BCUT2D eigenvalue weighted by atomic mass is 32.2. The summed E-state index contributed by atoms with van der Waals surface area (Å²) in [5.74, 6) is -0.363. The Morgan fingerprint density at radius 3 is 2.48 bits per heavy atom. The number of rotatable bonds is 5. The van der Waals surface area contributed by atoms with Crippen LogP contribution in [-0.4, -0.2) is 22.9 Å². The van der Waals surface area contributed by atoms with E-state index in [1.165, 1.54) is 31.4 Å². The number of Topliss-reactive ketones (excluding diaryl/α,β-unsaturated/α-hetero) is 1. The van der Waals surface area contributed by atoms with Gasteiger partial charge in [-0.2, -0.15) is 0 Å². The molecule has 0 heterocycles. The second-order valence-corrected chi connectivity index (χ2v) is 6.02. The molecule has 0 saturated carbocycles. The lowest BCUT2D eigenvalue weighted by atomic mass is 10.1. The fraction of sp³-hybridized carbons (Fsp3) is 0.188. The summed E-state index contributed by atoms with van der Waals surface area (Å²) in [6, 6.07) is 10.5. The van der Waals surface area contributed by atoms with Crippen LogP contribution in [-0.2, 0) is 10.8 Å². The number of hydrogen-bond donors (Lipinski definition) is 0. The molecule has 21 heavy (non-hydrogen) atoms. The van der Waals surface area contributed by atoms with Crippen LogP contribution >= 0.6 is 0 Å². The van der Waals surface area contributed by atoms with Gasteiger partial charge in [0.25, 0.3) is 0 Å². The van der Waals surface area contributed by atoms with Gasteiger partial charge in [0.05, 0.1) is 29.2 Å². The van der Waals surface area contributed by atoms with Crippen LogP contribution in [0.15, 0.2) is 47.4 Å². The van der Waals surface area contributed by atoms with Crippen molar-refractivity contribution in [1.29, 1.82) is 0 Å². The number of aryl methyl sites for hydroxylation is 1. The van der Waals surface area contributed by atoms with Crippen molar-refractivity contribution in [2.24, 2.45) is 0 Å². The van der Waals surface area contributed by atoms with Crippen molar-refractivity contribution in [2.45, 2.75) is 11.8 Å². The topological polar surface area (TPSA) is 43.4 Å². The summed E-state index contributed by atoms with van der Waals surface area (Å²) in [6.45, 7) is 1.90. The van der Waals surface area contributed by atoms with Gasteiger partial charge in [0, 0.05) is 4.90 Å². The molecule has 0 spiro atoms. The SMILES string of the molecule is COc1cc(C)ccc1C(=O)CS(=O)c1ccc(F)cc1. The number of hydrogen-bond acceptors (Lipinski definition) is 3. The van der Waals surface area contributed by atoms with Crippen LogP contribution in [0.25, 0.3) is 0 Å². The number of carbonyl (C=O) groups excluding carboxylic acids is 1. The Hall–Kier alpha value is -2.01. The van der Waals surface area contributed by atoms with Gasteiger partial charge in [-0.15, -0.1) is 0 Å². The average molecular weight is 306 g/mol. The number of methoxy groups -OCH3 is 1. The molecule has 5 heteroatoms. The highest BCUT2D eigenvalue weighted by molar-refractivity contribution is 7.85. The summed E-state index contributed by atoms with van der Waals surface area (Å²) in [5.41, 5.74) is 1.38. The molecule has 0 aliphatic heterocycles. The monoisotopic (exact) mass is 306 g/mol. The summed E-state index contributed by atoms with van der Waals surface area (Å²) in [7, 11) is -0.0210. The Kier molecular flexibility index (Phi) is 4.85. The van der Waals surface area contributed by atoms with Gasteiger partial charge in [-0.1, -0.05) is 6.07 Å². The van der Waals surface area contributed by atoms with Gasteiger partial charge in [0.1, 0.15) is 11.6 Å². The molecule has 3 nitrogen and oxygen atoms in total. The van der Waals surface area contributed by atoms with Crippen LogP contribution < -0.4 is 4.74 Å². The maximum atomic E-state index is 12.8. The van der Waals surface area contributed by atoms with Crippen molar-refractivity contribution < 1.29 is 18.1 Å². The first kappa shape index (κ1) is 15.4. The van der Waals surface area contributed by atoms with E-state index in [0.29, 0.717) is 16.2 Å². The lowest BCUT2D eigenvalue weighted by molar-refractivity contribution is 0.101. The Balaban J connectivity index is 2.18. The van der Waals surface area contributed by atoms with E-state index in [2.05, 4.69) is 0 Å². The quantitative estimate of drug-likeness (QED) is 0.797. The standard InChI is InChI=1S/C16H15FO3S/c1-11-3-8-14(16(9-11)20-2)15(18)10-21(19)13-6-4-12(17)5-7-13/h3-9H,10H2,1-2H3. The van der Waals surface area contributed by atoms with E-state index in [0.717, 1.165) is 5.56 Å². The third kappa shape index (κ3) is 3.76. The zero-order valence-electron chi connectivity index (χ0n) is 11.8. The van der Waals surface area contributed by atoms with E-state index in [-0.39, 0.29) is 11.5 Å². The van der Waals surface area contributed by atoms with Gasteiger partial charge in [-0.25, -0.2) is 4.39 Å². The van der Waals surface area contributed by atoms with Gasteiger partial charge >= 0.3 is 0 Å². The largest absolute Gasteiger partial charge is 0.496 e. The molecule has 1 unspecified atom stereocenters. The predicted molar refractivity (Wildman–Crippen MR) is 79.7 cm³/mol. The molecule has 0 N–H and O–H groups in total. The zero-order valence-corrected chi connectivity index (χ0v) is 12.6. The molecule has 2 rings (SSSR count). The van der Waals surface area contributed by atoms with E-state index < -0.39 is 16.6 Å². The van der Waals surface area contributed by atoms with Crippen molar-refractivity contribution in [3.05, 3.63) is 59.4 Å². The fourth-order valence-corrected chi connectivity index (χ4v) is 2.90. The smallest absolute Gasteiger partial charge is 0.179 e. The molecule has 0 saturated heterocycles. The Bertz CT molecular complexity index is 680. The van der Waals surface area contributed by atoms with Crippen LogP contribution in [0, 0.1) is 12.7 Å². The van der Waals surface area contributed by atoms with Crippen molar-refractivity contribution in [3.63, 3.8) is 0 Å². The number of benzene rings is 2. The second kappa shape index (κ2) is 6.63. The molecular formula is C16H15FO3S. The minimum Gasteiger partial charge on any atom is -0.496 e. The van der Waals surface area contributed by atoms with Crippen molar-refractivity contribution in [3.8, 4) is 5.75 Å². The molecule has 0 radical (unpaired) electrons. The number of ketones is 1. The van der Waals surface area contributed by atoms with Gasteiger partial charge in [-0.05, 0) is 48.9 Å². The summed E-state index contributed by atoms with van der Waals surface area (Å²) >= 11 is 0. The Morgan fingerprint density at radius 2 is 1.86 bits per heavy atom. The van der Waals surface area contributed by atoms with Crippen molar-refractivity contribution in [2.75, 3.05) is 12.9 Å². The summed E-state index contributed by atoms with van der Waals surface area (Å²) < 4.78 is 30.1. The molecule has 0 aliphatic carbocycles. The maximum absolute atomic E-state index is 12.8. The Labute approximate surface area is 125 Å². The molecule has 1 atom stereocenters. The molecule has 2 aromatic rings. The summed E-state index contributed by atoms with van der Waals surface area (Å²) in [5, 5.41) is 0. The number of ether oxygens (including phenoxy) is 1. The van der Waals surface area contributed by atoms with Crippen molar-refractivity contribution in [1.82, 2.24) is 0 Å². The molecular weight excluding hydrogens is 291 g/mol.